The molecule has 2 heterocycles. The molecule has 3 atom stereocenters. The number of rotatable bonds is 5. The molecule has 2 aliphatic heterocycles. The van der Waals surface area contributed by atoms with Crippen LogP contribution >= 0.6 is 0 Å². The lowest BCUT2D eigenvalue weighted by Gasteiger charge is -2.43. The van der Waals surface area contributed by atoms with Crippen LogP contribution in [0, 0.1) is 5.92 Å². The van der Waals surface area contributed by atoms with Crippen molar-refractivity contribution in [3.8, 4) is 0 Å². The standard InChI is InChI=1S/C21H36N2O4/c1-16(2)7-13-25-20(3,4)18-14-17(6-8-21(18)15-26-21)27-19(24)23-11-9-22(5)10-12-23/h7,17-18H,6,8-15H2,1-5H3/t17-,18-,21+/m1/s1. The van der Waals surface area contributed by atoms with E-state index in [0.717, 1.165) is 52.0 Å². The Balaban J connectivity index is 1.58. The Labute approximate surface area is 163 Å². The van der Waals surface area contributed by atoms with Crippen molar-refractivity contribution in [2.75, 3.05) is 46.4 Å². The van der Waals surface area contributed by atoms with Crippen molar-refractivity contribution in [2.24, 2.45) is 5.92 Å². The summed E-state index contributed by atoms with van der Waals surface area (Å²) in [6.07, 6.45) is 4.51. The van der Waals surface area contributed by atoms with Gasteiger partial charge in [0, 0.05) is 32.1 Å². The van der Waals surface area contributed by atoms with Crippen molar-refractivity contribution >= 4 is 6.09 Å². The van der Waals surface area contributed by atoms with Gasteiger partial charge in [0.1, 0.15) is 6.10 Å². The summed E-state index contributed by atoms with van der Waals surface area (Å²) >= 11 is 0. The number of carbonyl (C=O) groups excluding carboxylic acids is 1. The zero-order chi connectivity index (χ0) is 19.7. The van der Waals surface area contributed by atoms with E-state index in [1.54, 1.807) is 0 Å². The van der Waals surface area contributed by atoms with Crippen LogP contribution in [0.15, 0.2) is 11.6 Å². The van der Waals surface area contributed by atoms with E-state index in [4.69, 9.17) is 14.2 Å². The molecular formula is C21H36N2O4. The van der Waals surface area contributed by atoms with Crippen molar-refractivity contribution in [3.63, 3.8) is 0 Å². The average Bonchev–Trinajstić information content (AvgIpc) is 3.36. The number of piperazine rings is 1. The van der Waals surface area contributed by atoms with E-state index >= 15 is 0 Å². The summed E-state index contributed by atoms with van der Waals surface area (Å²) in [7, 11) is 2.08. The van der Waals surface area contributed by atoms with Crippen molar-refractivity contribution < 1.29 is 19.0 Å². The molecule has 6 heteroatoms. The number of epoxide rings is 1. The highest BCUT2D eigenvalue weighted by Crippen LogP contribution is 2.51. The van der Waals surface area contributed by atoms with Crippen molar-refractivity contribution in [1.29, 1.82) is 0 Å². The molecule has 0 aromatic rings. The van der Waals surface area contributed by atoms with Gasteiger partial charge in [-0.05, 0) is 54.0 Å². The summed E-state index contributed by atoms with van der Waals surface area (Å²) in [6, 6.07) is 0. The van der Waals surface area contributed by atoms with Gasteiger partial charge in [0.05, 0.1) is 24.4 Å². The van der Waals surface area contributed by atoms with Crippen LogP contribution in [0.4, 0.5) is 4.79 Å². The number of carbonyl (C=O) groups is 1. The van der Waals surface area contributed by atoms with E-state index in [-0.39, 0.29) is 29.3 Å². The molecule has 3 rings (SSSR count). The second-order valence-corrected chi connectivity index (χ2v) is 9.17. The van der Waals surface area contributed by atoms with Crippen molar-refractivity contribution in [1.82, 2.24) is 9.80 Å². The molecule has 1 saturated carbocycles. The first-order valence-electron chi connectivity index (χ1n) is 10.3. The van der Waals surface area contributed by atoms with Crippen LogP contribution in [0.3, 0.4) is 0 Å². The van der Waals surface area contributed by atoms with E-state index in [1.807, 2.05) is 4.90 Å². The third kappa shape index (κ3) is 5.04. The molecule has 6 nitrogen and oxygen atoms in total. The lowest BCUT2D eigenvalue weighted by atomic mass is 9.70. The second-order valence-electron chi connectivity index (χ2n) is 9.17. The monoisotopic (exact) mass is 380 g/mol. The first kappa shape index (κ1) is 20.6. The highest BCUT2D eigenvalue weighted by Gasteiger charge is 2.59. The quantitative estimate of drug-likeness (QED) is 0.542. The number of hydrogen-bond donors (Lipinski definition) is 0. The summed E-state index contributed by atoms with van der Waals surface area (Å²) in [5, 5.41) is 0. The Morgan fingerprint density at radius 1 is 1.26 bits per heavy atom. The van der Waals surface area contributed by atoms with Gasteiger partial charge in [-0.1, -0.05) is 11.6 Å². The van der Waals surface area contributed by atoms with Crippen LogP contribution in [0.5, 0.6) is 0 Å². The van der Waals surface area contributed by atoms with Gasteiger partial charge in [-0.2, -0.15) is 0 Å². The third-order valence-corrected chi connectivity index (χ3v) is 6.35. The average molecular weight is 381 g/mol. The molecule has 3 aliphatic rings. The van der Waals surface area contributed by atoms with Gasteiger partial charge < -0.3 is 24.0 Å². The van der Waals surface area contributed by atoms with Crippen LogP contribution in [0.1, 0.15) is 47.0 Å². The van der Waals surface area contributed by atoms with Gasteiger partial charge in [0.2, 0.25) is 0 Å². The highest BCUT2D eigenvalue weighted by atomic mass is 16.6. The molecule has 0 N–H and O–H groups in total. The molecule has 3 fully saturated rings. The van der Waals surface area contributed by atoms with Crippen LogP contribution in [-0.4, -0.2) is 79.6 Å². The van der Waals surface area contributed by atoms with E-state index in [2.05, 4.69) is 45.7 Å². The van der Waals surface area contributed by atoms with Crippen LogP contribution < -0.4 is 0 Å². The third-order valence-electron chi connectivity index (χ3n) is 6.35. The Morgan fingerprint density at radius 3 is 2.52 bits per heavy atom. The Morgan fingerprint density at radius 2 is 1.93 bits per heavy atom. The normalized spacial score (nSPS) is 31.7. The number of allylic oxidation sites excluding steroid dienone is 1. The van der Waals surface area contributed by atoms with E-state index in [9.17, 15) is 4.79 Å². The smallest absolute Gasteiger partial charge is 0.410 e. The fraction of sp³-hybridized carbons (Fsp3) is 0.857. The molecule has 154 valence electrons. The minimum atomic E-state index is -0.318. The van der Waals surface area contributed by atoms with E-state index in [0.29, 0.717) is 6.61 Å². The lowest BCUT2D eigenvalue weighted by Crippen LogP contribution is -2.51. The topological polar surface area (TPSA) is 54.5 Å². The minimum Gasteiger partial charge on any atom is -0.446 e. The van der Waals surface area contributed by atoms with Gasteiger partial charge in [-0.25, -0.2) is 4.79 Å². The zero-order valence-electron chi connectivity index (χ0n) is 17.6. The fourth-order valence-corrected chi connectivity index (χ4v) is 4.37. The molecule has 2 saturated heterocycles. The fourth-order valence-electron chi connectivity index (χ4n) is 4.37. The first-order chi connectivity index (χ1) is 12.7. The maximum Gasteiger partial charge on any atom is 0.410 e. The van der Waals surface area contributed by atoms with Gasteiger partial charge >= 0.3 is 6.09 Å². The van der Waals surface area contributed by atoms with Gasteiger partial charge in [-0.15, -0.1) is 0 Å². The van der Waals surface area contributed by atoms with Crippen molar-refractivity contribution in [3.05, 3.63) is 11.6 Å². The van der Waals surface area contributed by atoms with Gasteiger partial charge in [-0.3, -0.25) is 0 Å². The molecular weight excluding hydrogens is 344 g/mol. The zero-order valence-corrected chi connectivity index (χ0v) is 17.6. The molecule has 0 bridgehead atoms. The van der Waals surface area contributed by atoms with E-state index < -0.39 is 0 Å². The maximum atomic E-state index is 12.6. The SMILES string of the molecule is CC(C)=CCOC(C)(C)[C@H]1C[C@H](OC(=O)N2CCN(C)CC2)CC[C@]12CO2. The number of likely N-dealkylation sites (N-methyl/N-ethyl adjacent to an activating group) is 1. The molecule has 1 aliphatic carbocycles. The summed E-state index contributed by atoms with van der Waals surface area (Å²) in [5.74, 6) is 0.231. The largest absolute Gasteiger partial charge is 0.446 e. The van der Waals surface area contributed by atoms with Gasteiger partial charge in [0.15, 0.2) is 0 Å². The molecule has 0 aromatic heterocycles. The number of nitrogens with zero attached hydrogens (tertiary/aromatic N) is 2. The van der Waals surface area contributed by atoms with Crippen LogP contribution in [0.2, 0.25) is 0 Å². The summed E-state index contributed by atoms with van der Waals surface area (Å²) < 4.78 is 18.0. The maximum absolute atomic E-state index is 12.6. The summed E-state index contributed by atoms with van der Waals surface area (Å²) in [4.78, 5) is 16.6. The molecule has 0 radical (unpaired) electrons. The predicted molar refractivity (Wildman–Crippen MR) is 105 cm³/mol. The Kier molecular flexibility index (Phi) is 6.18. The van der Waals surface area contributed by atoms with Crippen LogP contribution in [0.25, 0.3) is 0 Å². The Bertz CT molecular complexity index is 559. The van der Waals surface area contributed by atoms with Gasteiger partial charge in [0.25, 0.3) is 0 Å². The molecule has 1 amide bonds. The van der Waals surface area contributed by atoms with Crippen molar-refractivity contribution in [2.45, 2.75) is 64.3 Å². The lowest BCUT2D eigenvalue weighted by molar-refractivity contribution is -0.105. The molecule has 1 spiro atoms. The van der Waals surface area contributed by atoms with Crippen LogP contribution in [-0.2, 0) is 14.2 Å². The molecule has 0 unspecified atom stereocenters. The Hall–Kier alpha value is -1.11. The number of ether oxygens (including phenoxy) is 3. The highest BCUT2D eigenvalue weighted by molar-refractivity contribution is 5.68. The predicted octanol–water partition coefficient (Wildman–Crippen LogP) is 3.07. The summed E-state index contributed by atoms with van der Waals surface area (Å²) in [6.45, 7) is 13.2. The first-order valence-corrected chi connectivity index (χ1v) is 10.3. The van der Waals surface area contributed by atoms with E-state index in [1.165, 1.54) is 5.57 Å². The number of hydrogen-bond acceptors (Lipinski definition) is 5. The number of amides is 1. The molecule has 0 aromatic carbocycles. The minimum absolute atomic E-state index is 0.0525. The molecule has 27 heavy (non-hydrogen) atoms. The summed E-state index contributed by atoms with van der Waals surface area (Å²) in [5.41, 5.74) is 0.859. The second kappa shape index (κ2) is 8.10.